The molecule has 0 atom stereocenters. The maximum Gasteiger partial charge on any atom is 0.164 e. The van der Waals surface area contributed by atoms with Gasteiger partial charge in [0.05, 0.1) is 5.75 Å². The Balaban J connectivity index is 2.54. The summed E-state index contributed by atoms with van der Waals surface area (Å²) in [6.07, 6.45) is 4.81. The van der Waals surface area contributed by atoms with Gasteiger partial charge < -0.3 is 0 Å². The summed E-state index contributed by atoms with van der Waals surface area (Å²) in [5.74, 6) is -0.0439. The van der Waals surface area contributed by atoms with Crippen LogP contribution in [0.2, 0.25) is 0 Å². The van der Waals surface area contributed by atoms with E-state index in [9.17, 15) is 13.2 Å². The molecule has 4 nitrogen and oxygen atoms in total. The fraction of sp³-hybridized carbons (Fsp3) is 0.400. The van der Waals surface area contributed by atoms with Crippen LogP contribution in [0.25, 0.3) is 0 Å². The monoisotopic (exact) mass is 305 g/mol. The van der Waals surface area contributed by atoms with Crippen LogP contribution in [0.5, 0.6) is 0 Å². The molecule has 1 rings (SSSR count). The third-order valence-electron chi connectivity index (χ3n) is 1.95. The normalized spacial score (nSPS) is 11.4. The fourth-order valence-corrected chi connectivity index (χ4v) is 2.24. The van der Waals surface area contributed by atoms with Gasteiger partial charge in [0.25, 0.3) is 0 Å². The highest BCUT2D eigenvalue weighted by Crippen LogP contribution is 2.12. The summed E-state index contributed by atoms with van der Waals surface area (Å²) in [6, 6.07) is 1.68. The van der Waals surface area contributed by atoms with Crippen LogP contribution < -0.4 is 0 Å². The van der Waals surface area contributed by atoms with E-state index in [4.69, 9.17) is 0 Å². The van der Waals surface area contributed by atoms with Crippen LogP contribution in [0.15, 0.2) is 22.9 Å². The van der Waals surface area contributed by atoms with E-state index in [0.29, 0.717) is 12.0 Å². The first kappa shape index (κ1) is 13.3. The maximum absolute atomic E-state index is 11.6. The van der Waals surface area contributed by atoms with Gasteiger partial charge in [0.15, 0.2) is 5.78 Å². The Labute approximate surface area is 103 Å². The lowest BCUT2D eigenvalue weighted by molar-refractivity contribution is 0.0981. The molecule has 88 valence electrons. The van der Waals surface area contributed by atoms with E-state index >= 15 is 0 Å². The molecule has 0 N–H and O–H groups in total. The number of ketones is 1. The summed E-state index contributed by atoms with van der Waals surface area (Å²) in [4.78, 5) is 15.5. The summed E-state index contributed by atoms with van der Waals surface area (Å²) in [5, 5.41) is 0. The van der Waals surface area contributed by atoms with Crippen molar-refractivity contribution >= 4 is 31.6 Å². The van der Waals surface area contributed by atoms with Crippen LogP contribution in [0.1, 0.15) is 23.2 Å². The Morgan fingerprint density at radius 3 is 2.69 bits per heavy atom. The lowest BCUT2D eigenvalue weighted by Crippen LogP contribution is -2.06. The van der Waals surface area contributed by atoms with Gasteiger partial charge in [-0.1, -0.05) is 0 Å². The number of hydrogen-bond donors (Lipinski definition) is 0. The Bertz CT molecular complexity index is 485. The number of rotatable bonds is 5. The zero-order valence-electron chi connectivity index (χ0n) is 8.81. The second-order valence-electron chi connectivity index (χ2n) is 3.55. The first-order chi connectivity index (χ1) is 7.38. The van der Waals surface area contributed by atoms with Gasteiger partial charge in [-0.05, 0) is 28.4 Å². The predicted molar refractivity (Wildman–Crippen MR) is 65.2 cm³/mol. The van der Waals surface area contributed by atoms with Crippen LogP contribution in [-0.4, -0.2) is 31.2 Å². The van der Waals surface area contributed by atoms with Crippen molar-refractivity contribution in [3.63, 3.8) is 0 Å². The van der Waals surface area contributed by atoms with E-state index in [-0.39, 0.29) is 18.0 Å². The Morgan fingerprint density at radius 1 is 1.44 bits per heavy atom. The molecule has 0 aliphatic heterocycles. The van der Waals surface area contributed by atoms with Gasteiger partial charge in [0.1, 0.15) is 9.84 Å². The molecule has 0 saturated carbocycles. The van der Waals surface area contributed by atoms with E-state index < -0.39 is 9.84 Å². The molecular formula is C10H12BrNO3S. The SMILES string of the molecule is CS(=O)(=O)CCCC(=O)c1cncc(Br)c1. The zero-order valence-corrected chi connectivity index (χ0v) is 11.2. The summed E-state index contributed by atoms with van der Waals surface area (Å²) in [5.41, 5.74) is 0.503. The van der Waals surface area contributed by atoms with Crippen LogP contribution in [-0.2, 0) is 9.84 Å². The lowest BCUT2D eigenvalue weighted by atomic mass is 10.1. The minimum absolute atomic E-state index is 0.0418. The molecule has 0 aromatic carbocycles. The third kappa shape index (κ3) is 4.85. The quantitative estimate of drug-likeness (QED) is 0.779. The van der Waals surface area contributed by atoms with Crippen LogP contribution in [0.4, 0.5) is 0 Å². The number of Topliss-reactive ketones (excluding diaryl/α,β-unsaturated/α-hetero) is 1. The van der Waals surface area contributed by atoms with Gasteiger partial charge in [0, 0.05) is 35.1 Å². The summed E-state index contributed by atoms with van der Waals surface area (Å²) < 4.78 is 22.5. The van der Waals surface area contributed by atoms with E-state index in [1.807, 2.05) is 0 Å². The molecule has 1 aromatic heterocycles. The number of aromatic nitrogens is 1. The first-order valence-corrected chi connectivity index (χ1v) is 7.55. The van der Waals surface area contributed by atoms with Crippen LogP contribution in [0, 0.1) is 0 Å². The second-order valence-corrected chi connectivity index (χ2v) is 6.72. The molecule has 0 bridgehead atoms. The number of hydrogen-bond acceptors (Lipinski definition) is 4. The molecule has 0 aliphatic carbocycles. The number of nitrogens with zero attached hydrogens (tertiary/aromatic N) is 1. The van der Waals surface area contributed by atoms with E-state index in [1.165, 1.54) is 6.20 Å². The average molecular weight is 306 g/mol. The second kappa shape index (κ2) is 5.54. The van der Waals surface area contributed by atoms with Crippen molar-refractivity contribution in [2.24, 2.45) is 0 Å². The van der Waals surface area contributed by atoms with Gasteiger partial charge in [-0.2, -0.15) is 0 Å². The molecular weight excluding hydrogens is 294 g/mol. The minimum Gasteiger partial charge on any atom is -0.294 e. The van der Waals surface area contributed by atoms with Crippen molar-refractivity contribution in [1.29, 1.82) is 0 Å². The average Bonchev–Trinajstić information content (AvgIpc) is 2.15. The Morgan fingerprint density at radius 2 is 2.12 bits per heavy atom. The lowest BCUT2D eigenvalue weighted by Gasteiger charge is -2.00. The number of carbonyl (C=O) groups is 1. The third-order valence-corrected chi connectivity index (χ3v) is 3.41. The number of carbonyl (C=O) groups excluding carboxylic acids is 1. The van der Waals surface area contributed by atoms with Crippen molar-refractivity contribution in [3.05, 3.63) is 28.5 Å². The van der Waals surface area contributed by atoms with Crippen LogP contribution >= 0.6 is 15.9 Å². The van der Waals surface area contributed by atoms with Crippen molar-refractivity contribution in [2.45, 2.75) is 12.8 Å². The molecule has 0 aliphatic rings. The molecule has 0 fully saturated rings. The summed E-state index contributed by atoms with van der Waals surface area (Å²) in [6.45, 7) is 0. The smallest absolute Gasteiger partial charge is 0.164 e. The molecule has 0 saturated heterocycles. The van der Waals surface area contributed by atoms with Gasteiger partial charge in [-0.15, -0.1) is 0 Å². The molecule has 0 unspecified atom stereocenters. The van der Waals surface area contributed by atoms with Gasteiger partial charge in [0.2, 0.25) is 0 Å². The van der Waals surface area contributed by atoms with Crippen LogP contribution in [0.3, 0.4) is 0 Å². The number of halogens is 1. The highest BCUT2D eigenvalue weighted by atomic mass is 79.9. The highest BCUT2D eigenvalue weighted by Gasteiger charge is 2.09. The molecule has 0 radical (unpaired) electrons. The number of pyridine rings is 1. The molecule has 1 aromatic rings. The minimum atomic E-state index is -2.99. The fourth-order valence-electron chi connectivity index (χ4n) is 1.20. The largest absolute Gasteiger partial charge is 0.294 e. The van der Waals surface area contributed by atoms with E-state index in [2.05, 4.69) is 20.9 Å². The maximum atomic E-state index is 11.6. The molecule has 6 heteroatoms. The van der Waals surface area contributed by atoms with Gasteiger partial charge in [-0.3, -0.25) is 9.78 Å². The van der Waals surface area contributed by atoms with Crippen molar-refractivity contribution in [1.82, 2.24) is 4.98 Å². The Hall–Kier alpha value is -0.750. The van der Waals surface area contributed by atoms with Crippen molar-refractivity contribution < 1.29 is 13.2 Å². The van der Waals surface area contributed by atoms with Crippen molar-refractivity contribution in [2.75, 3.05) is 12.0 Å². The first-order valence-electron chi connectivity index (χ1n) is 4.70. The van der Waals surface area contributed by atoms with Crippen molar-refractivity contribution in [3.8, 4) is 0 Å². The predicted octanol–water partition coefficient (Wildman–Crippen LogP) is 1.85. The van der Waals surface area contributed by atoms with E-state index in [0.717, 1.165) is 10.7 Å². The molecule has 0 spiro atoms. The molecule has 16 heavy (non-hydrogen) atoms. The van der Waals surface area contributed by atoms with E-state index in [1.54, 1.807) is 12.3 Å². The Kier molecular flexibility index (Phi) is 4.61. The zero-order chi connectivity index (χ0) is 12.2. The topological polar surface area (TPSA) is 64.1 Å². The van der Waals surface area contributed by atoms with Gasteiger partial charge in [-0.25, -0.2) is 8.42 Å². The van der Waals surface area contributed by atoms with Gasteiger partial charge >= 0.3 is 0 Å². The highest BCUT2D eigenvalue weighted by molar-refractivity contribution is 9.10. The number of sulfone groups is 1. The molecule has 0 amide bonds. The molecule has 1 heterocycles. The summed E-state index contributed by atoms with van der Waals surface area (Å²) in [7, 11) is -2.99. The standard InChI is InChI=1S/C10H12BrNO3S/c1-16(14,15)4-2-3-10(13)8-5-9(11)7-12-6-8/h5-7H,2-4H2,1H3. The summed E-state index contributed by atoms with van der Waals surface area (Å²) >= 11 is 3.22.